The number of rotatable bonds is 4. The number of aryl methyl sites for hydroxylation is 1. The Labute approximate surface area is 180 Å². The first-order chi connectivity index (χ1) is 14.3. The summed E-state index contributed by atoms with van der Waals surface area (Å²) in [7, 11) is 1.74. The molecular formula is C24H24ClN3O2. The third-order valence-electron chi connectivity index (χ3n) is 6.00. The summed E-state index contributed by atoms with van der Waals surface area (Å²) in [5.74, 6) is -0.0919. The highest BCUT2D eigenvalue weighted by Gasteiger charge is 2.42. The van der Waals surface area contributed by atoms with Crippen molar-refractivity contribution >= 4 is 34.0 Å². The van der Waals surface area contributed by atoms with Gasteiger partial charge in [0.25, 0.3) is 5.56 Å². The van der Waals surface area contributed by atoms with Crippen molar-refractivity contribution in [2.45, 2.75) is 18.9 Å². The Morgan fingerprint density at radius 3 is 2.83 bits per heavy atom. The molecule has 3 aromatic rings. The molecule has 1 aliphatic heterocycles. The van der Waals surface area contributed by atoms with E-state index in [0.29, 0.717) is 23.5 Å². The molecule has 1 amide bonds. The lowest BCUT2D eigenvalue weighted by Crippen LogP contribution is -2.40. The van der Waals surface area contributed by atoms with Gasteiger partial charge in [-0.3, -0.25) is 9.59 Å². The van der Waals surface area contributed by atoms with Gasteiger partial charge in [0.1, 0.15) is 0 Å². The van der Waals surface area contributed by atoms with Crippen molar-refractivity contribution < 1.29 is 4.79 Å². The van der Waals surface area contributed by atoms with E-state index in [-0.39, 0.29) is 11.5 Å². The van der Waals surface area contributed by atoms with Crippen LogP contribution in [0.15, 0.2) is 66.1 Å². The zero-order valence-electron chi connectivity index (χ0n) is 17.1. The molecule has 1 aromatic heterocycles. The van der Waals surface area contributed by atoms with Gasteiger partial charge >= 0.3 is 0 Å². The van der Waals surface area contributed by atoms with E-state index in [1.54, 1.807) is 22.7 Å². The molecule has 1 N–H and O–H groups in total. The van der Waals surface area contributed by atoms with Crippen LogP contribution in [0, 0.1) is 6.92 Å². The minimum atomic E-state index is -0.513. The standard InChI is InChI=1S/C24H24ClN3O2/c1-4-22(29)28-13-11-24(15-28,20-6-5-7-21(25)16(20)2)26-18-9-8-17-10-12-27(3)23(30)19(17)14-18/h4-10,12,14,26H,1,11,13,15H2,2-3H3/t24-/m0/s1. The number of aromatic nitrogens is 1. The summed E-state index contributed by atoms with van der Waals surface area (Å²) in [6.07, 6.45) is 3.84. The zero-order valence-corrected chi connectivity index (χ0v) is 17.9. The van der Waals surface area contributed by atoms with Crippen molar-refractivity contribution in [3.63, 3.8) is 0 Å². The maximum atomic E-state index is 12.6. The lowest BCUT2D eigenvalue weighted by Gasteiger charge is -2.34. The van der Waals surface area contributed by atoms with Crippen LogP contribution in [0.3, 0.4) is 0 Å². The van der Waals surface area contributed by atoms with Gasteiger partial charge in [-0.15, -0.1) is 0 Å². The van der Waals surface area contributed by atoms with Crippen molar-refractivity contribution in [2.75, 3.05) is 18.4 Å². The van der Waals surface area contributed by atoms with Crippen LogP contribution in [-0.2, 0) is 17.4 Å². The smallest absolute Gasteiger partial charge is 0.258 e. The summed E-state index contributed by atoms with van der Waals surface area (Å²) in [5, 5.41) is 5.89. The highest BCUT2D eigenvalue weighted by Crippen LogP contribution is 2.39. The quantitative estimate of drug-likeness (QED) is 0.641. The van der Waals surface area contributed by atoms with Crippen LogP contribution in [0.25, 0.3) is 10.8 Å². The lowest BCUT2D eigenvalue weighted by molar-refractivity contribution is -0.125. The van der Waals surface area contributed by atoms with Crippen LogP contribution in [0.5, 0.6) is 0 Å². The highest BCUT2D eigenvalue weighted by atomic mass is 35.5. The molecular weight excluding hydrogens is 398 g/mol. The molecule has 1 fully saturated rings. The number of likely N-dealkylation sites (tertiary alicyclic amines) is 1. The Morgan fingerprint density at radius 2 is 2.07 bits per heavy atom. The lowest BCUT2D eigenvalue weighted by atomic mass is 9.85. The number of anilines is 1. The maximum absolute atomic E-state index is 12.6. The number of carbonyl (C=O) groups excluding carboxylic acids is 1. The van der Waals surface area contributed by atoms with Crippen molar-refractivity contribution in [1.82, 2.24) is 9.47 Å². The Bertz CT molecular complexity index is 1220. The molecule has 0 spiro atoms. The number of pyridine rings is 1. The van der Waals surface area contributed by atoms with Gasteiger partial charge in [0.05, 0.1) is 5.54 Å². The normalized spacial score (nSPS) is 18.6. The van der Waals surface area contributed by atoms with Gasteiger partial charge in [0.15, 0.2) is 0 Å². The molecule has 2 aromatic carbocycles. The van der Waals surface area contributed by atoms with Crippen molar-refractivity contribution in [3.8, 4) is 0 Å². The molecule has 0 radical (unpaired) electrons. The number of hydrogen-bond donors (Lipinski definition) is 1. The summed E-state index contributed by atoms with van der Waals surface area (Å²) < 4.78 is 1.57. The fourth-order valence-corrected chi connectivity index (χ4v) is 4.51. The van der Waals surface area contributed by atoms with E-state index >= 15 is 0 Å². The maximum Gasteiger partial charge on any atom is 0.258 e. The zero-order chi connectivity index (χ0) is 21.5. The average molecular weight is 422 g/mol. The fourth-order valence-electron chi connectivity index (χ4n) is 4.33. The first-order valence-corrected chi connectivity index (χ1v) is 10.3. The monoisotopic (exact) mass is 421 g/mol. The van der Waals surface area contributed by atoms with E-state index in [1.807, 2.05) is 43.3 Å². The van der Waals surface area contributed by atoms with E-state index < -0.39 is 5.54 Å². The number of halogens is 1. The van der Waals surface area contributed by atoms with Gasteiger partial charge in [0, 0.05) is 42.4 Å². The van der Waals surface area contributed by atoms with Crippen LogP contribution in [0.1, 0.15) is 17.5 Å². The van der Waals surface area contributed by atoms with Gasteiger partial charge in [-0.1, -0.05) is 36.4 Å². The molecule has 1 saturated heterocycles. The SMILES string of the molecule is C=CC(=O)N1CC[C@@](Nc2ccc3ccn(C)c(=O)c3c2)(c2cccc(Cl)c2C)C1. The van der Waals surface area contributed by atoms with Gasteiger partial charge in [-0.2, -0.15) is 0 Å². The third kappa shape index (κ3) is 3.39. The topological polar surface area (TPSA) is 54.3 Å². The molecule has 0 aliphatic carbocycles. The van der Waals surface area contributed by atoms with Gasteiger partial charge in [0.2, 0.25) is 5.91 Å². The molecule has 0 unspecified atom stereocenters. The first-order valence-electron chi connectivity index (χ1n) is 9.89. The second-order valence-electron chi connectivity index (χ2n) is 7.87. The molecule has 154 valence electrons. The number of benzene rings is 2. The second-order valence-corrected chi connectivity index (χ2v) is 8.27. The Morgan fingerprint density at radius 1 is 1.27 bits per heavy atom. The summed E-state index contributed by atoms with van der Waals surface area (Å²) in [6.45, 7) is 6.72. The summed E-state index contributed by atoms with van der Waals surface area (Å²) in [6, 6.07) is 13.6. The van der Waals surface area contributed by atoms with E-state index in [1.165, 1.54) is 6.08 Å². The largest absolute Gasteiger partial charge is 0.374 e. The summed E-state index contributed by atoms with van der Waals surface area (Å²) in [5.41, 5.74) is 2.31. The van der Waals surface area contributed by atoms with E-state index in [2.05, 4.69) is 18.0 Å². The molecule has 0 saturated carbocycles. The summed E-state index contributed by atoms with van der Waals surface area (Å²) >= 11 is 6.43. The van der Waals surface area contributed by atoms with Gasteiger partial charge < -0.3 is 14.8 Å². The number of fused-ring (bicyclic) bond motifs is 1. The van der Waals surface area contributed by atoms with Crippen LogP contribution in [-0.4, -0.2) is 28.5 Å². The van der Waals surface area contributed by atoms with E-state index in [9.17, 15) is 9.59 Å². The summed E-state index contributed by atoms with van der Waals surface area (Å²) in [4.78, 5) is 26.7. The number of nitrogens with one attached hydrogen (secondary N) is 1. The Hall–Kier alpha value is -3.05. The van der Waals surface area contributed by atoms with Crippen LogP contribution in [0.2, 0.25) is 5.02 Å². The molecule has 5 nitrogen and oxygen atoms in total. The minimum absolute atomic E-state index is 0.0426. The van der Waals surface area contributed by atoms with Crippen molar-refractivity contribution in [1.29, 1.82) is 0 Å². The Balaban J connectivity index is 1.81. The molecule has 0 bridgehead atoms. The number of hydrogen-bond acceptors (Lipinski definition) is 3. The number of nitrogens with zero attached hydrogens (tertiary/aromatic N) is 2. The van der Waals surface area contributed by atoms with Crippen LogP contribution in [0.4, 0.5) is 5.69 Å². The van der Waals surface area contributed by atoms with Gasteiger partial charge in [-0.05, 0) is 60.2 Å². The highest BCUT2D eigenvalue weighted by molar-refractivity contribution is 6.31. The molecule has 4 rings (SSSR count). The van der Waals surface area contributed by atoms with Crippen molar-refractivity contribution in [3.05, 3.63) is 87.8 Å². The first kappa shape index (κ1) is 20.2. The molecule has 1 aliphatic rings. The number of carbonyl (C=O) groups is 1. The molecule has 1 atom stereocenters. The number of amides is 1. The fraction of sp³-hybridized carbons (Fsp3) is 0.250. The van der Waals surface area contributed by atoms with Crippen LogP contribution < -0.4 is 10.9 Å². The molecule has 6 heteroatoms. The average Bonchev–Trinajstić information content (AvgIpc) is 3.17. The van der Waals surface area contributed by atoms with Gasteiger partial charge in [-0.25, -0.2) is 0 Å². The molecule has 2 heterocycles. The molecule has 30 heavy (non-hydrogen) atoms. The second kappa shape index (κ2) is 7.65. The third-order valence-corrected chi connectivity index (χ3v) is 6.41. The van der Waals surface area contributed by atoms with E-state index in [0.717, 1.165) is 28.6 Å². The Kier molecular flexibility index (Phi) is 5.16. The predicted molar refractivity (Wildman–Crippen MR) is 122 cm³/mol. The van der Waals surface area contributed by atoms with Crippen molar-refractivity contribution in [2.24, 2.45) is 7.05 Å². The van der Waals surface area contributed by atoms with E-state index in [4.69, 9.17) is 11.6 Å². The minimum Gasteiger partial charge on any atom is -0.374 e. The van der Waals surface area contributed by atoms with Crippen LogP contribution >= 0.6 is 11.6 Å². The predicted octanol–water partition coefficient (Wildman–Crippen LogP) is 4.23.